The van der Waals surface area contributed by atoms with E-state index in [2.05, 4.69) is 0 Å². The average Bonchev–Trinajstić information content (AvgIpc) is 2.39. The number of allylic oxidation sites excluding steroid dienone is 1. The zero-order chi connectivity index (χ0) is 12.3. The van der Waals surface area contributed by atoms with Gasteiger partial charge in [0.25, 0.3) is 0 Å². The highest BCUT2D eigenvalue weighted by Crippen LogP contribution is 2.33. The molecular formula is C14H16O3. The van der Waals surface area contributed by atoms with E-state index in [1.165, 1.54) is 0 Å². The first-order chi connectivity index (χ1) is 8.26. The SMILES string of the molecule is COc1ccc(C2CCC/C(=C/O)C2=O)cc1. The Balaban J connectivity index is 2.23. The van der Waals surface area contributed by atoms with Gasteiger partial charge in [0.1, 0.15) is 5.75 Å². The molecule has 1 N–H and O–H groups in total. The molecular weight excluding hydrogens is 216 g/mol. The summed E-state index contributed by atoms with van der Waals surface area (Å²) in [7, 11) is 1.62. The zero-order valence-corrected chi connectivity index (χ0v) is 9.85. The van der Waals surface area contributed by atoms with Crippen molar-refractivity contribution < 1.29 is 14.6 Å². The molecule has 0 heterocycles. The second-order valence-corrected chi connectivity index (χ2v) is 4.24. The highest BCUT2D eigenvalue weighted by Gasteiger charge is 2.27. The Morgan fingerprint density at radius 3 is 2.65 bits per heavy atom. The van der Waals surface area contributed by atoms with Crippen molar-refractivity contribution in [2.24, 2.45) is 0 Å². The van der Waals surface area contributed by atoms with Gasteiger partial charge in [-0.05, 0) is 37.0 Å². The summed E-state index contributed by atoms with van der Waals surface area (Å²) in [5, 5.41) is 9.01. The molecule has 0 spiro atoms. The van der Waals surface area contributed by atoms with Crippen LogP contribution in [0.4, 0.5) is 0 Å². The van der Waals surface area contributed by atoms with Crippen LogP contribution in [0.15, 0.2) is 36.1 Å². The summed E-state index contributed by atoms with van der Waals surface area (Å²) in [4.78, 5) is 12.1. The van der Waals surface area contributed by atoms with Crippen molar-refractivity contribution in [2.45, 2.75) is 25.2 Å². The molecule has 0 bridgehead atoms. The number of hydrogen-bond donors (Lipinski definition) is 1. The summed E-state index contributed by atoms with van der Waals surface area (Å²) in [6.45, 7) is 0. The quantitative estimate of drug-likeness (QED) is 0.630. The molecule has 0 saturated heterocycles. The van der Waals surface area contributed by atoms with Crippen molar-refractivity contribution in [1.29, 1.82) is 0 Å². The van der Waals surface area contributed by atoms with Crippen LogP contribution in [0, 0.1) is 0 Å². The summed E-state index contributed by atoms with van der Waals surface area (Å²) in [5.74, 6) is 0.715. The fraction of sp³-hybridized carbons (Fsp3) is 0.357. The number of hydrogen-bond acceptors (Lipinski definition) is 3. The van der Waals surface area contributed by atoms with Crippen molar-refractivity contribution in [3.8, 4) is 5.75 Å². The molecule has 2 rings (SSSR count). The lowest BCUT2D eigenvalue weighted by molar-refractivity contribution is -0.118. The standard InChI is InChI=1S/C14H16O3/c1-17-12-7-5-10(6-8-12)13-4-2-3-11(9-15)14(13)16/h5-9,13,15H,2-4H2,1H3/b11-9-. The second-order valence-electron chi connectivity index (χ2n) is 4.24. The first kappa shape index (κ1) is 11.7. The number of aliphatic hydroxyl groups excluding tert-OH is 1. The van der Waals surface area contributed by atoms with Gasteiger partial charge in [0.2, 0.25) is 0 Å². The Morgan fingerprint density at radius 2 is 2.06 bits per heavy atom. The van der Waals surface area contributed by atoms with Crippen molar-refractivity contribution in [1.82, 2.24) is 0 Å². The molecule has 1 aromatic rings. The molecule has 0 amide bonds. The Morgan fingerprint density at radius 1 is 1.35 bits per heavy atom. The third-order valence-corrected chi connectivity index (χ3v) is 3.25. The Hall–Kier alpha value is -1.77. The number of aliphatic hydroxyl groups is 1. The van der Waals surface area contributed by atoms with Crippen LogP contribution in [0.5, 0.6) is 5.75 Å². The van der Waals surface area contributed by atoms with Crippen LogP contribution in [0.3, 0.4) is 0 Å². The molecule has 0 aliphatic heterocycles. The maximum atomic E-state index is 12.1. The molecule has 0 aromatic heterocycles. The van der Waals surface area contributed by atoms with Crippen LogP contribution >= 0.6 is 0 Å². The molecule has 0 radical (unpaired) electrons. The van der Waals surface area contributed by atoms with E-state index in [9.17, 15) is 4.79 Å². The average molecular weight is 232 g/mol. The lowest BCUT2D eigenvalue weighted by Crippen LogP contribution is -2.19. The Bertz CT molecular complexity index is 431. The minimum atomic E-state index is -0.118. The molecule has 1 saturated carbocycles. The number of carbonyl (C=O) groups excluding carboxylic acids is 1. The highest BCUT2D eigenvalue weighted by atomic mass is 16.5. The predicted octanol–water partition coefficient (Wildman–Crippen LogP) is 2.97. The summed E-state index contributed by atoms with van der Waals surface area (Å²) < 4.78 is 5.09. The maximum Gasteiger partial charge on any atom is 0.169 e. The number of methoxy groups -OCH3 is 1. The van der Waals surface area contributed by atoms with Gasteiger partial charge in [-0.1, -0.05) is 12.1 Å². The van der Waals surface area contributed by atoms with Crippen LogP contribution in [-0.2, 0) is 4.79 Å². The lowest BCUT2D eigenvalue weighted by Gasteiger charge is -2.22. The third-order valence-electron chi connectivity index (χ3n) is 3.25. The number of benzene rings is 1. The van der Waals surface area contributed by atoms with E-state index in [1.54, 1.807) is 7.11 Å². The van der Waals surface area contributed by atoms with E-state index in [1.807, 2.05) is 24.3 Å². The van der Waals surface area contributed by atoms with Crippen LogP contribution in [0.2, 0.25) is 0 Å². The van der Waals surface area contributed by atoms with E-state index in [4.69, 9.17) is 9.84 Å². The number of carbonyl (C=O) groups is 1. The minimum Gasteiger partial charge on any atom is -0.515 e. The molecule has 1 fully saturated rings. The lowest BCUT2D eigenvalue weighted by atomic mass is 9.80. The van der Waals surface area contributed by atoms with Crippen molar-refractivity contribution in [3.63, 3.8) is 0 Å². The minimum absolute atomic E-state index is 0.0453. The normalized spacial score (nSPS) is 22.8. The number of ether oxygens (including phenoxy) is 1. The van der Waals surface area contributed by atoms with Gasteiger partial charge in [-0.3, -0.25) is 4.79 Å². The monoisotopic (exact) mass is 232 g/mol. The summed E-state index contributed by atoms with van der Waals surface area (Å²) >= 11 is 0. The van der Waals surface area contributed by atoms with Crippen molar-refractivity contribution in [2.75, 3.05) is 7.11 Å². The fourth-order valence-electron chi connectivity index (χ4n) is 2.26. The van der Waals surface area contributed by atoms with Gasteiger partial charge < -0.3 is 9.84 Å². The first-order valence-electron chi connectivity index (χ1n) is 5.77. The van der Waals surface area contributed by atoms with Crippen molar-refractivity contribution >= 4 is 5.78 Å². The van der Waals surface area contributed by atoms with Gasteiger partial charge in [-0.15, -0.1) is 0 Å². The van der Waals surface area contributed by atoms with Gasteiger partial charge in [-0.2, -0.15) is 0 Å². The van der Waals surface area contributed by atoms with Crippen molar-refractivity contribution in [3.05, 3.63) is 41.7 Å². The molecule has 90 valence electrons. The molecule has 17 heavy (non-hydrogen) atoms. The van der Waals surface area contributed by atoms with Gasteiger partial charge in [-0.25, -0.2) is 0 Å². The van der Waals surface area contributed by atoms with Gasteiger partial charge in [0, 0.05) is 11.5 Å². The zero-order valence-electron chi connectivity index (χ0n) is 9.85. The molecule has 1 unspecified atom stereocenters. The van der Waals surface area contributed by atoms with E-state index in [0.717, 1.165) is 30.4 Å². The fourth-order valence-corrected chi connectivity index (χ4v) is 2.26. The summed E-state index contributed by atoms with van der Waals surface area (Å²) in [6.07, 6.45) is 3.43. The van der Waals surface area contributed by atoms with Crippen LogP contribution in [-0.4, -0.2) is 18.0 Å². The molecule has 1 aliphatic carbocycles. The second kappa shape index (κ2) is 5.04. The topological polar surface area (TPSA) is 46.5 Å². The first-order valence-corrected chi connectivity index (χ1v) is 5.77. The van der Waals surface area contributed by atoms with Gasteiger partial charge >= 0.3 is 0 Å². The predicted molar refractivity (Wildman–Crippen MR) is 65.3 cm³/mol. The third kappa shape index (κ3) is 2.33. The molecule has 3 heteroatoms. The number of rotatable bonds is 2. The highest BCUT2D eigenvalue weighted by molar-refractivity contribution is 6.00. The number of ketones is 1. The number of Topliss-reactive ketones (excluding diaryl/α,β-unsaturated/α-hetero) is 1. The molecule has 1 aromatic carbocycles. The maximum absolute atomic E-state index is 12.1. The van der Waals surface area contributed by atoms with Gasteiger partial charge in [0.05, 0.1) is 13.4 Å². The van der Waals surface area contributed by atoms with Gasteiger partial charge in [0.15, 0.2) is 5.78 Å². The Labute approximate surface area is 101 Å². The smallest absolute Gasteiger partial charge is 0.169 e. The van der Waals surface area contributed by atoms with Crippen LogP contribution < -0.4 is 4.74 Å². The Kier molecular flexibility index (Phi) is 3.47. The van der Waals surface area contributed by atoms with Crippen LogP contribution in [0.25, 0.3) is 0 Å². The van der Waals surface area contributed by atoms with E-state index in [0.29, 0.717) is 12.0 Å². The van der Waals surface area contributed by atoms with Crippen LogP contribution in [0.1, 0.15) is 30.7 Å². The molecule has 1 atom stereocenters. The van der Waals surface area contributed by atoms with E-state index < -0.39 is 0 Å². The largest absolute Gasteiger partial charge is 0.515 e. The summed E-state index contributed by atoms with van der Waals surface area (Å²) in [5.41, 5.74) is 1.53. The molecule has 1 aliphatic rings. The summed E-state index contributed by atoms with van der Waals surface area (Å²) in [6, 6.07) is 7.56. The molecule has 3 nitrogen and oxygen atoms in total. The van der Waals surface area contributed by atoms with E-state index >= 15 is 0 Å². The van der Waals surface area contributed by atoms with E-state index in [-0.39, 0.29) is 11.7 Å².